The van der Waals surface area contributed by atoms with E-state index in [0.29, 0.717) is 39.6 Å². The van der Waals surface area contributed by atoms with E-state index in [4.69, 9.17) is 23.7 Å². The van der Waals surface area contributed by atoms with Crippen molar-refractivity contribution in [3.8, 4) is 23.0 Å². The molecule has 0 aliphatic heterocycles. The second-order valence-electron chi connectivity index (χ2n) is 5.90. The molecule has 0 unspecified atom stereocenters. The molecule has 27 heavy (non-hydrogen) atoms. The molecular weight excluding hydrogens is 344 g/mol. The van der Waals surface area contributed by atoms with Crippen molar-refractivity contribution in [2.75, 3.05) is 39.6 Å². The lowest BCUT2D eigenvalue weighted by Crippen LogP contribution is -2.13. The van der Waals surface area contributed by atoms with E-state index in [1.807, 2.05) is 48.5 Å². The number of rotatable bonds is 14. The second kappa shape index (κ2) is 12.9. The highest BCUT2D eigenvalue weighted by molar-refractivity contribution is 5.40. The van der Waals surface area contributed by atoms with Crippen molar-refractivity contribution in [2.45, 2.75) is 26.7 Å². The molecule has 5 heteroatoms. The zero-order chi connectivity index (χ0) is 19.2. The molecule has 2 aromatic rings. The quantitative estimate of drug-likeness (QED) is 0.447. The van der Waals surface area contributed by atoms with E-state index in [1.165, 1.54) is 0 Å². The lowest BCUT2D eigenvalue weighted by Gasteiger charge is -2.13. The summed E-state index contributed by atoms with van der Waals surface area (Å²) in [5.74, 6) is 3.03. The standard InChI is InChI=1S/C22H30O5/c1-3-13-24-19-9-5-7-11-21(19)26-17-15-23-16-18-27-22-12-8-6-10-20(22)25-14-4-2/h5-12H,3-4,13-18H2,1-2H3. The topological polar surface area (TPSA) is 46.2 Å². The van der Waals surface area contributed by atoms with E-state index >= 15 is 0 Å². The van der Waals surface area contributed by atoms with Gasteiger partial charge in [0.15, 0.2) is 23.0 Å². The van der Waals surface area contributed by atoms with Crippen LogP contribution in [0, 0.1) is 0 Å². The van der Waals surface area contributed by atoms with Gasteiger partial charge in [-0.1, -0.05) is 38.1 Å². The minimum Gasteiger partial charge on any atom is -0.490 e. The average Bonchev–Trinajstić information content (AvgIpc) is 2.71. The maximum atomic E-state index is 5.75. The summed E-state index contributed by atoms with van der Waals surface area (Å²) in [6.45, 7) is 7.40. The van der Waals surface area contributed by atoms with Crippen LogP contribution in [0.2, 0.25) is 0 Å². The normalized spacial score (nSPS) is 10.4. The fourth-order valence-corrected chi connectivity index (χ4v) is 2.32. The zero-order valence-electron chi connectivity index (χ0n) is 16.3. The number of benzene rings is 2. The molecule has 0 saturated heterocycles. The Kier molecular flexibility index (Phi) is 9.97. The van der Waals surface area contributed by atoms with Crippen molar-refractivity contribution in [2.24, 2.45) is 0 Å². The van der Waals surface area contributed by atoms with E-state index < -0.39 is 0 Å². The van der Waals surface area contributed by atoms with Crippen molar-refractivity contribution in [1.29, 1.82) is 0 Å². The van der Waals surface area contributed by atoms with Gasteiger partial charge in [-0.25, -0.2) is 0 Å². The first-order chi connectivity index (χ1) is 13.3. The molecule has 0 heterocycles. The highest BCUT2D eigenvalue weighted by atomic mass is 16.6. The molecule has 0 N–H and O–H groups in total. The van der Waals surface area contributed by atoms with Gasteiger partial charge in [0.1, 0.15) is 13.2 Å². The molecule has 0 spiro atoms. The highest BCUT2D eigenvalue weighted by Crippen LogP contribution is 2.27. The van der Waals surface area contributed by atoms with Crippen LogP contribution in [0.1, 0.15) is 26.7 Å². The molecule has 2 aromatic carbocycles. The summed E-state index contributed by atoms with van der Waals surface area (Å²) in [5.41, 5.74) is 0. The summed E-state index contributed by atoms with van der Waals surface area (Å²) in [4.78, 5) is 0. The van der Waals surface area contributed by atoms with E-state index in [0.717, 1.165) is 35.8 Å². The van der Waals surface area contributed by atoms with Crippen molar-refractivity contribution in [1.82, 2.24) is 0 Å². The first-order valence-corrected chi connectivity index (χ1v) is 9.62. The van der Waals surface area contributed by atoms with Gasteiger partial charge in [-0.3, -0.25) is 0 Å². The SMILES string of the molecule is CCCOc1ccccc1OCCOCCOc1ccccc1OCCC. The van der Waals surface area contributed by atoms with Gasteiger partial charge >= 0.3 is 0 Å². The van der Waals surface area contributed by atoms with Gasteiger partial charge in [-0.05, 0) is 37.1 Å². The van der Waals surface area contributed by atoms with Crippen LogP contribution in [0.25, 0.3) is 0 Å². The molecule has 2 rings (SSSR count). The molecule has 0 atom stereocenters. The maximum Gasteiger partial charge on any atom is 0.161 e. The Morgan fingerprint density at radius 3 is 1.15 bits per heavy atom. The fourth-order valence-electron chi connectivity index (χ4n) is 2.32. The van der Waals surface area contributed by atoms with E-state index in [9.17, 15) is 0 Å². The Bertz CT molecular complexity index is 589. The highest BCUT2D eigenvalue weighted by Gasteiger charge is 2.05. The molecule has 0 aromatic heterocycles. The summed E-state index contributed by atoms with van der Waals surface area (Å²) in [5, 5.41) is 0. The molecule has 0 aliphatic rings. The Labute approximate surface area is 162 Å². The van der Waals surface area contributed by atoms with Crippen LogP contribution in [0.3, 0.4) is 0 Å². The Hall–Kier alpha value is -2.40. The minimum absolute atomic E-state index is 0.461. The lowest BCUT2D eigenvalue weighted by molar-refractivity contribution is 0.0746. The summed E-state index contributed by atoms with van der Waals surface area (Å²) >= 11 is 0. The maximum absolute atomic E-state index is 5.75. The zero-order valence-corrected chi connectivity index (χ0v) is 16.3. The fraction of sp³-hybridized carbons (Fsp3) is 0.455. The van der Waals surface area contributed by atoms with E-state index in [1.54, 1.807) is 0 Å². The molecule has 0 radical (unpaired) electrons. The Morgan fingerprint density at radius 2 is 0.815 bits per heavy atom. The molecular formula is C22H30O5. The number of hydrogen-bond acceptors (Lipinski definition) is 5. The second-order valence-corrected chi connectivity index (χ2v) is 5.90. The predicted molar refractivity (Wildman–Crippen MR) is 106 cm³/mol. The Balaban J connectivity index is 1.63. The van der Waals surface area contributed by atoms with Gasteiger partial charge in [0.25, 0.3) is 0 Å². The summed E-state index contributed by atoms with van der Waals surface area (Å²) < 4.78 is 28.4. The van der Waals surface area contributed by atoms with Gasteiger partial charge in [0.05, 0.1) is 26.4 Å². The lowest BCUT2D eigenvalue weighted by atomic mass is 10.3. The van der Waals surface area contributed by atoms with Gasteiger partial charge < -0.3 is 23.7 Å². The third-order valence-corrected chi connectivity index (χ3v) is 3.59. The third-order valence-electron chi connectivity index (χ3n) is 3.59. The van der Waals surface area contributed by atoms with Gasteiger partial charge in [0, 0.05) is 0 Å². The average molecular weight is 374 g/mol. The first-order valence-electron chi connectivity index (χ1n) is 9.62. The van der Waals surface area contributed by atoms with Crippen LogP contribution in [0.15, 0.2) is 48.5 Å². The Morgan fingerprint density at radius 1 is 0.481 bits per heavy atom. The van der Waals surface area contributed by atoms with Crippen LogP contribution in [-0.4, -0.2) is 39.6 Å². The largest absolute Gasteiger partial charge is 0.490 e. The van der Waals surface area contributed by atoms with Crippen LogP contribution in [0.5, 0.6) is 23.0 Å². The van der Waals surface area contributed by atoms with Crippen molar-refractivity contribution in [3.63, 3.8) is 0 Å². The summed E-state index contributed by atoms with van der Waals surface area (Å²) in [6.07, 6.45) is 1.92. The molecule has 0 fully saturated rings. The predicted octanol–water partition coefficient (Wildman–Crippen LogP) is 4.74. The monoisotopic (exact) mass is 374 g/mol. The number of para-hydroxylation sites is 4. The number of hydrogen-bond donors (Lipinski definition) is 0. The summed E-state index contributed by atoms with van der Waals surface area (Å²) in [6, 6.07) is 15.4. The number of ether oxygens (including phenoxy) is 5. The van der Waals surface area contributed by atoms with E-state index in [-0.39, 0.29) is 0 Å². The third kappa shape index (κ3) is 7.79. The van der Waals surface area contributed by atoms with Crippen molar-refractivity contribution >= 4 is 0 Å². The van der Waals surface area contributed by atoms with Crippen molar-refractivity contribution in [3.05, 3.63) is 48.5 Å². The molecule has 0 saturated carbocycles. The molecule has 5 nitrogen and oxygen atoms in total. The smallest absolute Gasteiger partial charge is 0.161 e. The van der Waals surface area contributed by atoms with Gasteiger partial charge in [-0.2, -0.15) is 0 Å². The molecule has 148 valence electrons. The van der Waals surface area contributed by atoms with Gasteiger partial charge in [-0.15, -0.1) is 0 Å². The minimum atomic E-state index is 0.461. The van der Waals surface area contributed by atoms with Crippen LogP contribution in [-0.2, 0) is 4.74 Å². The first kappa shape index (κ1) is 20.9. The van der Waals surface area contributed by atoms with Crippen LogP contribution in [0.4, 0.5) is 0 Å². The van der Waals surface area contributed by atoms with Crippen LogP contribution < -0.4 is 18.9 Å². The molecule has 0 amide bonds. The molecule has 0 bridgehead atoms. The summed E-state index contributed by atoms with van der Waals surface area (Å²) in [7, 11) is 0. The van der Waals surface area contributed by atoms with Gasteiger partial charge in [0.2, 0.25) is 0 Å². The van der Waals surface area contributed by atoms with E-state index in [2.05, 4.69) is 13.8 Å². The van der Waals surface area contributed by atoms with Crippen LogP contribution >= 0.6 is 0 Å². The molecule has 0 aliphatic carbocycles. The van der Waals surface area contributed by atoms with Crippen molar-refractivity contribution < 1.29 is 23.7 Å².